The Morgan fingerprint density at radius 3 is 2.65 bits per heavy atom. The second-order valence-corrected chi connectivity index (χ2v) is 4.48. The molecule has 0 fully saturated rings. The smallest absolute Gasteiger partial charge is 0.222 e. The summed E-state index contributed by atoms with van der Waals surface area (Å²) in [6, 6.07) is 10.0. The first-order valence-corrected chi connectivity index (χ1v) is 5.74. The van der Waals surface area contributed by atoms with Gasteiger partial charge in [-0.1, -0.05) is 19.9 Å². The monoisotopic (exact) mass is 228 g/mol. The Balaban J connectivity index is 2.43. The van der Waals surface area contributed by atoms with E-state index in [1.807, 2.05) is 18.2 Å². The quantitative estimate of drug-likeness (QED) is 0.856. The average Bonchev–Trinajstić information content (AvgIpc) is 2.27. The van der Waals surface area contributed by atoms with Crippen molar-refractivity contribution in [1.82, 2.24) is 4.98 Å². The van der Waals surface area contributed by atoms with Gasteiger partial charge in [-0.15, -0.1) is 0 Å². The summed E-state index contributed by atoms with van der Waals surface area (Å²) < 4.78 is 0. The van der Waals surface area contributed by atoms with E-state index in [9.17, 15) is 4.79 Å². The molecule has 3 nitrogen and oxygen atoms in total. The van der Waals surface area contributed by atoms with Crippen LogP contribution in [-0.4, -0.2) is 10.9 Å². The molecule has 0 saturated carbocycles. The van der Waals surface area contributed by atoms with Crippen molar-refractivity contribution < 1.29 is 4.79 Å². The summed E-state index contributed by atoms with van der Waals surface area (Å²) in [7, 11) is 0. The average molecular weight is 228 g/mol. The highest BCUT2D eigenvalue weighted by molar-refractivity contribution is 5.89. The van der Waals surface area contributed by atoms with E-state index in [0.717, 1.165) is 10.9 Å². The normalized spacial score (nSPS) is 10.8. The molecule has 0 bridgehead atoms. The highest BCUT2D eigenvalue weighted by atomic mass is 16.1. The molecule has 0 spiro atoms. The molecule has 2 aromatic rings. The minimum Gasteiger partial charge on any atom is -0.311 e. The largest absolute Gasteiger partial charge is 0.311 e. The molecule has 0 unspecified atom stereocenters. The lowest BCUT2D eigenvalue weighted by Crippen LogP contribution is -2.07. The molecule has 1 N–H and O–H groups in total. The van der Waals surface area contributed by atoms with E-state index < -0.39 is 0 Å². The number of nitrogens with zero attached hydrogens (tertiary/aromatic N) is 1. The zero-order chi connectivity index (χ0) is 12.4. The molecule has 0 aliphatic carbocycles. The van der Waals surface area contributed by atoms with E-state index in [1.165, 1.54) is 12.5 Å². The predicted octanol–water partition coefficient (Wildman–Crippen LogP) is 3.32. The maximum absolute atomic E-state index is 10.9. The number of hydrogen-bond acceptors (Lipinski definition) is 2. The summed E-state index contributed by atoms with van der Waals surface area (Å²) in [6.07, 6.45) is 0. The van der Waals surface area contributed by atoms with Gasteiger partial charge in [0, 0.05) is 12.3 Å². The molecule has 1 amide bonds. The third-order valence-corrected chi connectivity index (χ3v) is 2.68. The first-order valence-electron chi connectivity index (χ1n) is 5.74. The highest BCUT2D eigenvalue weighted by Crippen LogP contribution is 2.21. The molecule has 1 aromatic heterocycles. The second kappa shape index (κ2) is 4.53. The highest BCUT2D eigenvalue weighted by Gasteiger charge is 2.03. The van der Waals surface area contributed by atoms with Gasteiger partial charge in [0.2, 0.25) is 5.91 Å². The number of rotatable bonds is 2. The van der Waals surface area contributed by atoms with Crippen LogP contribution in [0.4, 0.5) is 5.82 Å². The maximum Gasteiger partial charge on any atom is 0.222 e. The molecule has 3 heteroatoms. The molecule has 0 radical (unpaired) electrons. The van der Waals surface area contributed by atoms with Gasteiger partial charge in [0.05, 0.1) is 5.52 Å². The fourth-order valence-corrected chi connectivity index (χ4v) is 1.75. The topological polar surface area (TPSA) is 42.0 Å². The van der Waals surface area contributed by atoms with Gasteiger partial charge in [-0.3, -0.25) is 4.79 Å². The molecule has 2 rings (SSSR count). The van der Waals surface area contributed by atoms with E-state index in [-0.39, 0.29) is 5.91 Å². The van der Waals surface area contributed by atoms with Gasteiger partial charge < -0.3 is 5.32 Å². The molecule has 17 heavy (non-hydrogen) atoms. The molecule has 88 valence electrons. The van der Waals surface area contributed by atoms with Crippen molar-refractivity contribution in [2.75, 3.05) is 5.32 Å². The number of benzene rings is 1. The Bertz CT molecular complexity index is 561. The summed E-state index contributed by atoms with van der Waals surface area (Å²) in [5.74, 6) is 1.01. The fourth-order valence-electron chi connectivity index (χ4n) is 1.75. The van der Waals surface area contributed by atoms with Gasteiger partial charge in [-0.2, -0.15) is 0 Å². The van der Waals surface area contributed by atoms with Crippen LogP contribution in [0.1, 0.15) is 32.3 Å². The van der Waals surface area contributed by atoms with Gasteiger partial charge in [0.1, 0.15) is 5.82 Å². The van der Waals surface area contributed by atoms with Gasteiger partial charge in [-0.25, -0.2) is 4.98 Å². The molecule has 1 heterocycles. The van der Waals surface area contributed by atoms with Crippen molar-refractivity contribution in [1.29, 1.82) is 0 Å². The number of hydrogen-bond donors (Lipinski definition) is 1. The zero-order valence-corrected chi connectivity index (χ0v) is 10.3. The number of carbonyl (C=O) groups is 1. The lowest BCUT2D eigenvalue weighted by molar-refractivity contribution is -0.114. The van der Waals surface area contributed by atoms with E-state index in [0.29, 0.717) is 11.7 Å². The van der Waals surface area contributed by atoms with Crippen molar-refractivity contribution in [2.45, 2.75) is 26.7 Å². The number of nitrogens with one attached hydrogen (secondary N) is 1. The fraction of sp³-hybridized carbons (Fsp3) is 0.286. The zero-order valence-electron chi connectivity index (χ0n) is 10.3. The van der Waals surface area contributed by atoms with Crippen molar-refractivity contribution in [3.63, 3.8) is 0 Å². The van der Waals surface area contributed by atoms with Crippen LogP contribution in [0.3, 0.4) is 0 Å². The second-order valence-electron chi connectivity index (χ2n) is 4.48. The van der Waals surface area contributed by atoms with Gasteiger partial charge in [0.15, 0.2) is 0 Å². The number of amides is 1. The van der Waals surface area contributed by atoms with Crippen molar-refractivity contribution in [3.8, 4) is 0 Å². The number of pyridine rings is 1. The first kappa shape index (κ1) is 11.6. The third-order valence-electron chi connectivity index (χ3n) is 2.68. The van der Waals surface area contributed by atoms with E-state index in [4.69, 9.17) is 0 Å². The first-order chi connectivity index (χ1) is 8.06. The van der Waals surface area contributed by atoms with E-state index in [2.05, 4.69) is 36.3 Å². The van der Waals surface area contributed by atoms with Crippen LogP contribution in [0.2, 0.25) is 0 Å². The maximum atomic E-state index is 10.9. The summed E-state index contributed by atoms with van der Waals surface area (Å²) in [5.41, 5.74) is 2.20. The van der Waals surface area contributed by atoms with Gasteiger partial charge in [-0.05, 0) is 35.7 Å². The summed E-state index contributed by atoms with van der Waals surface area (Å²) in [5, 5.41) is 3.79. The Labute approximate surface area is 101 Å². The van der Waals surface area contributed by atoms with Crippen LogP contribution in [0.25, 0.3) is 10.9 Å². The standard InChI is InChI=1S/C14H16N2O/c1-9(2)11-4-6-13-12(8-11)5-7-14(16-13)15-10(3)17/h4-9H,1-3H3,(H,15,16,17). The minimum atomic E-state index is -0.101. The summed E-state index contributed by atoms with van der Waals surface area (Å²) in [6.45, 7) is 5.81. The summed E-state index contributed by atoms with van der Waals surface area (Å²) >= 11 is 0. The van der Waals surface area contributed by atoms with Crippen molar-refractivity contribution in [3.05, 3.63) is 35.9 Å². The van der Waals surface area contributed by atoms with Gasteiger partial charge in [0.25, 0.3) is 0 Å². The predicted molar refractivity (Wildman–Crippen MR) is 70.1 cm³/mol. The number of fused-ring (bicyclic) bond motifs is 1. The van der Waals surface area contributed by atoms with E-state index >= 15 is 0 Å². The van der Waals surface area contributed by atoms with Crippen molar-refractivity contribution >= 4 is 22.6 Å². The van der Waals surface area contributed by atoms with Crippen LogP contribution in [0, 0.1) is 0 Å². The van der Waals surface area contributed by atoms with Crippen LogP contribution in [0.15, 0.2) is 30.3 Å². The molecule has 0 aliphatic heterocycles. The Morgan fingerprint density at radius 1 is 1.24 bits per heavy atom. The molecule has 0 atom stereocenters. The Kier molecular flexibility index (Phi) is 3.09. The van der Waals surface area contributed by atoms with Crippen LogP contribution >= 0.6 is 0 Å². The van der Waals surface area contributed by atoms with Gasteiger partial charge >= 0.3 is 0 Å². The van der Waals surface area contributed by atoms with Crippen LogP contribution < -0.4 is 5.32 Å². The lowest BCUT2D eigenvalue weighted by atomic mass is 10.0. The van der Waals surface area contributed by atoms with Crippen LogP contribution in [-0.2, 0) is 4.79 Å². The molecule has 0 saturated heterocycles. The van der Waals surface area contributed by atoms with Crippen LogP contribution in [0.5, 0.6) is 0 Å². The van der Waals surface area contributed by atoms with E-state index in [1.54, 1.807) is 0 Å². The molecule has 0 aliphatic rings. The van der Waals surface area contributed by atoms with Crippen molar-refractivity contribution in [2.24, 2.45) is 0 Å². The lowest BCUT2D eigenvalue weighted by Gasteiger charge is -2.07. The summed E-state index contributed by atoms with van der Waals surface area (Å²) in [4.78, 5) is 15.3. The molecular weight excluding hydrogens is 212 g/mol. The number of aromatic nitrogens is 1. The number of anilines is 1. The molecular formula is C14H16N2O. The Morgan fingerprint density at radius 2 is 2.00 bits per heavy atom. The number of carbonyl (C=O) groups excluding carboxylic acids is 1. The Hall–Kier alpha value is -1.90. The molecule has 1 aromatic carbocycles. The SMILES string of the molecule is CC(=O)Nc1ccc2cc(C(C)C)ccc2n1. The minimum absolute atomic E-state index is 0.101. The third kappa shape index (κ3) is 2.61.